The number of carbonyl (C=O) groups excluding carboxylic acids is 2. The number of hydrogen-bond acceptors (Lipinski definition) is 9. The van der Waals surface area contributed by atoms with E-state index < -0.39 is 5.91 Å². The number of aromatic nitrogens is 2. The monoisotopic (exact) mass is 537 g/mol. The van der Waals surface area contributed by atoms with E-state index in [0.717, 1.165) is 5.56 Å². The van der Waals surface area contributed by atoms with Gasteiger partial charge >= 0.3 is 6.01 Å². The van der Waals surface area contributed by atoms with Crippen LogP contribution in [0.3, 0.4) is 0 Å². The number of nitrogens with one attached hydrogen (secondary N) is 1. The number of hydrogen-bond donors (Lipinski definition) is 1. The molecule has 0 atom stereocenters. The Morgan fingerprint density at radius 3 is 2.62 bits per heavy atom. The van der Waals surface area contributed by atoms with Crippen LogP contribution >= 0.6 is 0 Å². The summed E-state index contributed by atoms with van der Waals surface area (Å²) in [6.07, 6.45) is 0. The zero-order chi connectivity index (χ0) is 28.1. The highest BCUT2D eigenvalue weighted by atomic mass is 16.5. The molecule has 0 saturated carbocycles. The Morgan fingerprint density at radius 1 is 1.02 bits per heavy atom. The van der Waals surface area contributed by atoms with Crippen LogP contribution in [0, 0.1) is 11.3 Å². The molecule has 1 aliphatic heterocycles. The van der Waals surface area contributed by atoms with Gasteiger partial charge in [0.1, 0.15) is 12.4 Å². The van der Waals surface area contributed by atoms with Gasteiger partial charge < -0.3 is 29.2 Å². The number of benzene rings is 3. The molecule has 1 aromatic heterocycles. The average molecular weight is 538 g/mol. The van der Waals surface area contributed by atoms with Gasteiger partial charge in [-0.25, -0.2) is 0 Å². The first-order valence-corrected chi connectivity index (χ1v) is 12.1. The van der Waals surface area contributed by atoms with E-state index in [-0.39, 0.29) is 54.1 Å². The molecule has 0 bridgehead atoms. The first kappa shape index (κ1) is 26.0. The van der Waals surface area contributed by atoms with Gasteiger partial charge in [0, 0.05) is 25.7 Å². The zero-order valence-corrected chi connectivity index (χ0v) is 21.6. The summed E-state index contributed by atoms with van der Waals surface area (Å²) in [5.41, 5.74) is 1.79. The maximum absolute atomic E-state index is 12.4. The smallest absolute Gasteiger partial charge is 0.328 e. The lowest BCUT2D eigenvalue weighted by Gasteiger charge is -2.20. The standard InChI is InChI=1S/C29H23N5O6/c1-34(2)28(36)20-9-6-10-21(14-20)39-27-25-26(38-17-24(35)31-25)32-29(33-27)40-23-13-19(15-30)11-12-22(23)37-16-18-7-4-3-5-8-18/h3-14H,16-17H2,1-2H3,(H,31,35). The minimum absolute atomic E-state index is 0.0308. The highest BCUT2D eigenvalue weighted by Crippen LogP contribution is 2.40. The van der Waals surface area contributed by atoms with E-state index in [2.05, 4.69) is 21.4 Å². The molecule has 0 spiro atoms. The van der Waals surface area contributed by atoms with Crippen molar-refractivity contribution in [3.63, 3.8) is 0 Å². The van der Waals surface area contributed by atoms with Gasteiger partial charge in [0.15, 0.2) is 23.8 Å². The zero-order valence-electron chi connectivity index (χ0n) is 21.6. The molecule has 11 heteroatoms. The Balaban J connectivity index is 1.48. The molecular formula is C29H23N5O6. The van der Waals surface area contributed by atoms with Crippen LogP contribution in [0.25, 0.3) is 0 Å². The predicted molar refractivity (Wildman–Crippen MR) is 143 cm³/mol. The number of fused-ring (bicyclic) bond motifs is 1. The molecule has 0 saturated heterocycles. The number of carbonyl (C=O) groups is 2. The van der Waals surface area contributed by atoms with E-state index in [1.54, 1.807) is 50.5 Å². The van der Waals surface area contributed by atoms with Crippen LogP contribution in [0.1, 0.15) is 21.5 Å². The van der Waals surface area contributed by atoms with Gasteiger partial charge in [-0.15, -0.1) is 0 Å². The molecule has 0 fully saturated rings. The van der Waals surface area contributed by atoms with Crippen molar-refractivity contribution in [2.45, 2.75) is 6.61 Å². The fourth-order valence-electron chi connectivity index (χ4n) is 3.72. The summed E-state index contributed by atoms with van der Waals surface area (Å²) in [6.45, 7) is 0.00469. The minimum Gasteiger partial charge on any atom is -0.485 e. The summed E-state index contributed by atoms with van der Waals surface area (Å²) in [6, 6.07) is 22.7. The molecule has 5 rings (SSSR count). The predicted octanol–water partition coefficient (Wildman–Crippen LogP) is 4.54. The van der Waals surface area contributed by atoms with Gasteiger partial charge in [0.2, 0.25) is 5.88 Å². The summed E-state index contributed by atoms with van der Waals surface area (Å²) in [7, 11) is 3.29. The Hall–Kier alpha value is -5.63. The molecular weight excluding hydrogens is 514 g/mol. The van der Waals surface area contributed by atoms with Crippen LogP contribution in [-0.4, -0.2) is 47.4 Å². The molecule has 3 aromatic carbocycles. The molecule has 1 aliphatic rings. The van der Waals surface area contributed by atoms with Crippen molar-refractivity contribution < 1.29 is 28.5 Å². The van der Waals surface area contributed by atoms with Gasteiger partial charge in [0.05, 0.1) is 11.6 Å². The van der Waals surface area contributed by atoms with Crippen molar-refractivity contribution in [3.05, 3.63) is 89.5 Å². The molecule has 200 valence electrons. The summed E-state index contributed by atoms with van der Waals surface area (Å²) in [5.74, 6) is 0.183. The molecule has 0 aliphatic carbocycles. The SMILES string of the molecule is CN(C)C(=O)c1cccc(Oc2nc(Oc3cc(C#N)ccc3OCc3ccccc3)nc3c2NC(=O)CO3)c1. The lowest BCUT2D eigenvalue weighted by molar-refractivity contribution is -0.118. The Morgan fingerprint density at radius 2 is 1.85 bits per heavy atom. The lowest BCUT2D eigenvalue weighted by Crippen LogP contribution is -2.26. The highest BCUT2D eigenvalue weighted by molar-refractivity contribution is 5.96. The number of nitrogens with zero attached hydrogens (tertiary/aromatic N) is 4. The van der Waals surface area contributed by atoms with E-state index in [1.165, 1.54) is 11.0 Å². The van der Waals surface area contributed by atoms with E-state index in [4.69, 9.17) is 18.9 Å². The third-order valence-corrected chi connectivity index (χ3v) is 5.64. The molecule has 2 amide bonds. The summed E-state index contributed by atoms with van der Waals surface area (Å²) in [5, 5.41) is 12.1. The van der Waals surface area contributed by atoms with Crippen molar-refractivity contribution in [1.82, 2.24) is 14.9 Å². The fourth-order valence-corrected chi connectivity index (χ4v) is 3.72. The van der Waals surface area contributed by atoms with Crippen molar-refractivity contribution in [2.24, 2.45) is 0 Å². The fraction of sp³-hybridized carbons (Fsp3) is 0.138. The van der Waals surface area contributed by atoms with Crippen LogP contribution in [-0.2, 0) is 11.4 Å². The molecule has 4 aromatic rings. The number of amides is 2. The van der Waals surface area contributed by atoms with Crippen molar-refractivity contribution >= 4 is 17.5 Å². The molecule has 11 nitrogen and oxygen atoms in total. The van der Waals surface area contributed by atoms with Crippen molar-refractivity contribution in [2.75, 3.05) is 26.0 Å². The second kappa shape index (κ2) is 11.4. The summed E-state index contributed by atoms with van der Waals surface area (Å²) in [4.78, 5) is 34.6. The normalized spacial score (nSPS) is 11.8. The maximum Gasteiger partial charge on any atom is 0.328 e. The van der Waals surface area contributed by atoms with E-state index in [1.807, 2.05) is 30.3 Å². The minimum atomic E-state index is -0.413. The first-order chi connectivity index (χ1) is 19.4. The molecule has 2 heterocycles. The Bertz CT molecular complexity index is 1620. The van der Waals surface area contributed by atoms with E-state index in [0.29, 0.717) is 16.9 Å². The number of ether oxygens (including phenoxy) is 4. The topological polar surface area (TPSA) is 136 Å². The molecule has 40 heavy (non-hydrogen) atoms. The second-order valence-electron chi connectivity index (χ2n) is 8.81. The van der Waals surface area contributed by atoms with Crippen LogP contribution in [0.4, 0.5) is 5.69 Å². The van der Waals surface area contributed by atoms with E-state index in [9.17, 15) is 14.9 Å². The van der Waals surface area contributed by atoms with Gasteiger partial charge in [-0.2, -0.15) is 15.2 Å². The lowest BCUT2D eigenvalue weighted by atomic mass is 10.2. The van der Waals surface area contributed by atoms with Gasteiger partial charge in [0.25, 0.3) is 17.7 Å². The van der Waals surface area contributed by atoms with Gasteiger partial charge in [-0.05, 0) is 35.9 Å². The summed E-state index contributed by atoms with van der Waals surface area (Å²) >= 11 is 0. The number of nitriles is 1. The molecule has 1 N–H and O–H groups in total. The number of anilines is 1. The van der Waals surface area contributed by atoms with Crippen LogP contribution in [0.2, 0.25) is 0 Å². The average Bonchev–Trinajstić information content (AvgIpc) is 2.97. The Kier molecular flexibility index (Phi) is 7.41. The van der Waals surface area contributed by atoms with Crippen LogP contribution < -0.4 is 24.3 Å². The first-order valence-electron chi connectivity index (χ1n) is 12.1. The van der Waals surface area contributed by atoms with Crippen molar-refractivity contribution in [3.8, 4) is 41.1 Å². The third-order valence-electron chi connectivity index (χ3n) is 5.64. The Labute approximate surface area is 229 Å². The number of rotatable bonds is 8. The second-order valence-corrected chi connectivity index (χ2v) is 8.81. The quantitative estimate of drug-likeness (QED) is 0.343. The van der Waals surface area contributed by atoms with Crippen molar-refractivity contribution in [1.29, 1.82) is 5.26 Å². The largest absolute Gasteiger partial charge is 0.485 e. The molecule has 0 radical (unpaired) electrons. The highest BCUT2D eigenvalue weighted by Gasteiger charge is 2.26. The van der Waals surface area contributed by atoms with Crippen LogP contribution in [0.15, 0.2) is 72.8 Å². The van der Waals surface area contributed by atoms with E-state index >= 15 is 0 Å². The van der Waals surface area contributed by atoms with Crippen LogP contribution in [0.5, 0.6) is 35.0 Å². The third kappa shape index (κ3) is 5.92. The summed E-state index contributed by atoms with van der Waals surface area (Å²) < 4.78 is 23.4. The van der Waals surface area contributed by atoms with Gasteiger partial charge in [-0.1, -0.05) is 36.4 Å². The molecule has 0 unspecified atom stereocenters. The van der Waals surface area contributed by atoms with Gasteiger partial charge in [-0.3, -0.25) is 9.59 Å². The maximum atomic E-state index is 12.4.